The molecule has 0 radical (unpaired) electrons. The van der Waals surface area contributed by atoms with Crippen LogP contribution in [0.5, 0.6) is 0 Å². The monoisotopic (exact) mass is 272 g/mol. The average molecular weight is 272 g/mol. The van der Waals surface area contributed by atoms with Crippen molar-refractivity contribution in [1.29, 1.82) is 0 Å². The van der Waals surface area contributed by atoms with Crippen LogP contribution in [0.4, 0.5) is 0 Å². The molecule has 0 rings (SSSR count). The molecule has 0 heterocycles. The van der Waals surface area contributed by atoms with E-state index in [0.717, 1.165) is 25.6 Å². The van der Waals surface area contributed by atoms with E-state index in [9.17, 15) is 0 Å². The minimum atomic E-state index is -0.225. The lowest BCUT2D eigenvalue weighted by molar-refractivity contribution is 0.0310. The zero-order valence-electron chi connectivity index (χ0n) is 13.7. The van der Waals surface area contributed by atoms with Crippen molar-refractivity contribution in [3.05, 3.63) is 0 Å². The first-order valence-electron chi connectivity index (χ1n) is 7.10. The predicted octanol–water partition coefficient (Wildman–Crippen LogP) is 1.31. The quantitative estimate of drug-likeness (QED) is 0.517. The van der Waals surface area contributed by atoms with Crippen molar-refractivity contribution in [1.82, 2.24) is 15.5 Å². The zero-order chi connectivity index (χ0) is 14.9. The number of likely N-dealkylation sites (N-methyl/N-ethyl adjacent to an activating group) is 1. The lowest BCUT2D eigenvalue weighted by Gasteiger charge is -2.23. The number of methoxy groups -OCH3 is 1. The largest absolute Gasteiger partial charge is 0.377 e. The Balaban J connectivity index is 4.22. The van der Waals surface area contributed by atoms with Crippen LogP contribution in [-0.2, 0) is 4.74 Å². The third-order valence-electron chi connectivity index (χ3n) is 3.15. The summed E-state index contributed by atoms with van der Waals surface area (Å²) in [5.41, 5.74) is -0.225. The Morgan fingerprint density at radius 3 is 2.42 bits per heavy atom. The van der Waals surface area contributed by atoms with Crippen molar-refractivity contribution in [2.24, 2.45) is 4.99 Å². The number of ether oxygens (including phenoxy) is 1. The predicted molar refractivity (Wildman–Crippen MR) is 82.8 cm³/mol. The maximum absolute atomic E-state index is 5.37. The van der Waals surface area contributed by atoms with Gasteiger partial charge in [-0.25, -0.2) is 0 Å². The highest BCUT2D eigenvalue weighted by atomic mass is 16.5. The molecular formula is C14H32N4O. The minimum Gasteiger partial charge on any atom is -0.377 e. The molecule has 2 N–H and O–H groups in total. The lowest BCUT2D eigenvalue weighted by Crippen LogP contribution is -2.43. The molecule has 0 atom stereocenters. The molecule has 114 valence electrons. The molecule has 0 aromatic carbocycles. The molecule has 0 fully saturated rings. The fourth-order valence-electron chi connectivity index (χ4n) is 1.28. The summed E-state index contributed by atoms with van der Waals surface area (Å²) in [4.78, 5) is 6.85. The van der Waals surface area contributed by atoms with E-state index >= 15 is 0 Å². The highest BCUT2D eigenvalue weighted by molar-refractivity contribution is 5.79. The fourth-order valence-corrected chi connectivity index (χ4v) is 1.28. The summed E-state index contributed by atoms with van der Waals surface area (Å²) in [6.45, 7) is 13.9. The molecule has 0 aliphatic carbocycles. The maximum Gasteiger partial charge on any atom is 0.191 e. The Morgan fingerprint density at radius 1 is 1.32 bits per heavy atom. The maximum atomic E-state index is 5.37. The van der Waals surface area contributed by atoms with E-state index in [-0.39, 0.29) is 5.60 Å². The van der Waals surface area contributed by atoms with Crippen molar-refractivity contribution in [3.63, 3.8) is 0 Å². The van der Waals surface area contributed by atoms with Crippen LogP contribution in [0, 0.1) is 0 Å². The molecular weight excluding hydrogens is 240 g/mol. The zero-order valence-corrected chi connectivity index (χ0v) is 13.7. The van der Waals surface area contributed by atoms with Crippen molar-refractivity contribution in [2.45, 2.75) is 46.3 Å². The normalized spacial score (nSPS) is 13.2. The Hall–Kier alpha value is -0.810. The molecule has 5 heteroatoms. The molecule has 0 aromatic rings. The van der Waals surface area contributed by atoms with Crippen LogP contribution in [0.15, 0.2) is 4.99 Å². The third-order valence-corrected chi connectivity index (χ3v) is 3.15. The SMILES string of the molecule is CCNC(=NCC(C)(C)OC)NCCN(C)C(C)C. The first kappa shape index (κ1) is 18.2. The first-order valence-corrected chi connectivity index (χ1v) is 7.10. The van der Waals surface area contributed by atoms with Crippen LogP contribution in [-0.4, -0.2) is 62.8 Å². The van der Waals surface area contributed by atoms with Crippen LogP contribution in [0.2, 0.25) is 0 Å². The molecule has 0 saturated carbocycles. The summed E-state index contributed by atoms with van der Waals surface area (Å²) in [5, 5.41) is 6.59. The Morgan fingerprint density at radius 2 is 1.95 bits per heavy atom. The molecule has 0 spiro atoms. The van der Waals surface area contributed by atoms with E-state index < -0.39 is 0 Å². The van der Waals surface area contributed by atoms with Gasteiger partial charge in [-0.15, -0.1) is 0 Å². The molecule has 0 aliphatic heterocycles. The van der Waals surface area contributed by atoms with Gasteiger partial charge in [-0.3, -0.25) is 4.99 Å². The van der Waals surface area contributed by atoms with Crippen molar-refractivity contribution in [2.75, 3.05) is 40.3 Å². The number of nitrogens with zero attached hydrogens (tertiary/aromatic N) is 2. The molecule has 0 bridgehead atoms. The smallest absolute Gasteiger partial charge is 0.191 e. The number of guanidine groups is 1. The summed E-state index contributed by atoms with van der Waals surface area (Å²) >= 11 is 0. The highest BCUT2D eigenvalue weighted by Gasteiger charge is 2.15. The summed E-state index contributed by atoms with van der Waals surface area (Å²) in [6, 6.07) is 0.564. The van der Waals surface area contributed by atoms with Crippen LogP contribution in [0.25, 0.3) is 0 Å². The number of hydrogen-bond acceptors (Lipinski definition) is 3. The number of hydrogen-bond donors (Lipinski definition) is 2. The highest BCUT2D eigenvalue weighted by Crippen LogP contribution is 2.06. The molecule has 0 unspecified atom stereocenters. The molecule has 19 heavy (non-hydrogen) atoms. The molecule has 0 aromatic heterocycles. The van der Waals surface area contributed by atoms with E-state index in [2.05, 4.69) is 48.3 Å². The Labute approximate surface area is 118 Å². The van der Waals surface area contributed by atoms with Gasteiger partial charge in [0.2, 0.25) is 0 Å². The minimum absolute atomic E-state index is 0.225. The van der Waals surface area contributed by atoms with Crippen molar-refractivity contribution < 1.29 is 4.74 Å². The van der Waals surface area contributed by atoms with Crippen LogP contribution >= 0.6 is 0 Å². The van der Waals surface area contributed by atoms with Gasteiger partial charge in [-0.1, -0.05) is 0 Å². The number of nitrogens with one attached hydrogen (secondary N) is 2. The topological polar surface area (TPSA) is 48.9 Å². The standard InChI is InChI=1S/C14H32N4O/c1-8-15-13(17-11-14(4,5)19-7)16-9-10-18(6)12(2)3/h12H,8-11H2,1-7H3,(H2,15,16,17). The fraction of sp³-hybridized carbons (Fsp3) is 0.929. The summed E-state index contributed by atoms with van der Waals surface area (Å²) in [5.74, 6) is 0.852. The van der Waals surface area contributed by atoms with Gasteiger partial charge in [-0.05, 0) is 41.7 Å². The van der Waals surface area contributed by atoms with Gasteiger partial charge in [0, 0.05) is 32.8 Å². The Bertz CT molecular complexity index is 264. The van der Waals surface area contributed by atoms with Crippen LogP contribution < -0.4 is 10.6 Å². The van der Waals surface area contributed by atoms with Crippen LogP contribution in [0.1, 0.15) is 34.6 Å². The van der Waals surface area contributed by atoms with Gasteiger partial charge in [0.1, 0.15) is 0 Å². The molecule has 0 saturated heterocycles. The van der Waals surface area contributed by atoms with Gasteiger partial charge in [0.15, 0.2) is 5.96 Å². The summed E-state index contributed by atoms with van der Waals surface area (Å²) < 4.78 is 5.37. The van der Waals surface area contributed by atoms with Crippen molar-refractivity contribution >= 4 is 5.96 Å². The van der Waals surface area contributed by atoms with Gasteiger partial charge in [0.25, 0.3) is 0 Å². The van der Waals surface area contributed by atoms with Gasteiger partial charge in [-0.2, -0.15) is 0 Å². The van der Waals surface area contributed by atoms with E-state index in [1.54, 1.807) is 7.11 Å². The van der Waals surface area contributed by atoms with E-state index in [1.807, 2.05) is 13.8 Å². The summed E-state index contributed by atoms with van der Waals surface area (Å²) in [6.07, 6.45) is 0. The van der Waals surface area contributed by atoms with E-state index in [1.165, 1.54) is 0 Å². The number of rotatable bonds is 8. The van der Waals surface area contributed by atoms with Crippen LogP contribution in [0.3, 0.4) is 0 Å². The second-order valence-electron chi connectivity index (χ2n) is 5.66. The van der Waals surface area contributed by atoms with Crippen molar-refractivity contribution in [3.8, 4) is 0 Å². The second-order valence-corrected chi connectivity index (χ2v) is 5.66. The first-order chi connectivity index (χ1) is 8.82. The molecule has 5 nitrogen and oxygen atoms in total. The van der Waals surface area contributed by atoms with E-state index in [4.69, 9.17) is 4.74 Å². The molecule has 0 amide bonds. The summed E-state index contributed by atoms with van der Waals surface area (Å²) in [7, 11) is 3.85. The average Bonchev–Trinajstić information content (AvgIpc) is 2.35. The van der Waals surface area contributed by atoms with Gasteiger partial charge in [0.05, 0.1) is 12.1 Å². The lowest BCUT2D eigenvalue weighted by atomic mass is 10.1. The molecule has 0 aliphatic rings. The van der Waals surface area contributed by atoms with E-state index in [0.29, 0.717) is 12.6 Å². The second kappa shape index (κ2) is 9.15. The number of aliphatic imine (C=N–C) groups is 1. The third kappa shape index (κ3) is 8.83. The Kier molecular flexibility index (Phi) is 8.76. The van der Waals surface area contributed by atoms with Gasteiger partial charge < -0.3 is 20.3 Å². The van der Waals surface area contributed by atoms with Gasteiger partial charge >= 0.3 is 0 Å².